The molecule has 0 unspecified atom stereocenters. The number of pyridine rings is 1. The standard InChI is InChI=1S/C18H18Cl2N2O/c19-13-9-7-12(8-10-13)14-4-1-2-6-16(14)22-18(23)15-5-3-11-21-17(15)20/h3,5,7-11,14,16H,1-2,4,6H2,(H,22,23)/t14-,16-/m0/s1. The molecule has 2 aromatic rings. The van der Waals surface area contributed by atoms with E-state index in [4.69, 9.17) is 23.2 Å². The maximum Gasteiger partial charge on any atom is 0.254 e. The van der Waals surface area contributed by atoms with Crippen molar-refractivity contribution in [3.05, 3.63) is 63.9 Å². The molecule has 5 heteroatoms. The molecule has 120 valence electrons. The largest absolute Gasteiger partial charge is 0.349 e. The van der Waals surface area contributed by atoms with E-state index >= 15 is 0 Å². The Morgan fingerprint density at radius 1 is 1.09 bits per heavy atom. The first-order chi connectivity index (χ1) is 11.1. The third-order valence-corrected chi connectivity index (χ3v) is 4.94. The highest BCUT2D eigenvalue weighted by molar-refractivity contribution is 6.32. The topological polar surface area (TPSA) is 42.0 Å². The van der Waals surface area contributed by atoms with E-state index in [1.807, 2.05) is 12.1 Å². The molecule has 0 spiro atoms. The highest BCUT2D eigenvalue weighted by atomic mass is 35.5. The van der Waals surface area contributed by atoms with Gasteiger partial charge in [-0.1, -0.05) is 48.2 Å². The van der Waals surface area contributed by atoms with Crippen LogP contribution < -0.4 is 5.32 Å². The fourth-order valence-corrected chi connectivity index (χ4v) is 3.55. The normalized spacial score (nSPS) is 21.0. The van der Waals surface area contributed by atoms with E-state index < -0.39 is 0 Å². The molecule has 1 aliphatic carbocycles. The predicted molar refractivity (Wildman–Crippen MR) is 93.2 cm³/mol. The fraction of sp³-hybridized carbons (Fsp3) is 0.333. The number of nitrogens with zero attached hydrogens (tertiary/aromatic N) is 1. The van der Waals surface area contributed by atoms with Crippen molar-refractivity contribution < 1.29 is 4.79 Å². The first-order valence-corrected chi connectivity index (χ1v) is 8.57. The van der Waals surface area contributed by atoms with Crippen LogP contribution >= 0.6 is 23.2 Å². The minimum absolute atomic E-state index is 0.105. The van der Waals surface area contributed by atoms with Gasteiger partial charge < -0.3 is 5.32 Å². The molecule has 1 aromatic heterocycles. The van der Waals surface area contributed by atoms with Crippen molar-refractivity contribution in [2.24, 2.45) is 0 Å². The monoisotopic (exact) mass is 348 g/mol. The highest BCUT2D eigenvalue weighted by Crippen LogP contribution is 2.34. The van der Waals surface area contributed by atoms with E-state index in [0.717, 1.165) is 24.3 Å². The average Bonchev–Trinajstić information content (AvgIpc) is 2.56. The van der Waals surface area contributed by atoms with Crippen LogP contribution in [0.25, 0.3) is 0 Å². The van der Waals surface area contributed by atoms with Crippen molar-refractivity contribution in [3.8, 4) is 0 Å². The van der Waals surface area contributed by atoms with Gasteiger partial charge in [-0.05, 0) is 42.7 Å². The smallest absolute Gasteiger partial charge is 0.254 e. The van der Waals surface area contributed by atoms with E-state index in [-0.39, 0.29) is 17.1 Å². The number of carbonyl (C=O) groups is 1. The predicted octanol–water partition coefficient (Wildman–Crippen LogP) is 4.84. The van der Waals surface area contributed by atoms with Gasteiger partial charge in [0.2, 0.25) is 0 Å². The zero-order valence-electron chi connectivity index (χ0n) is 12.6. The van der Waals surface area contributed by atoms with Gasteiger partial charge in [0.05, 0.1) is 5.56 Å². The molecular weight excluding hydrogens is 331 g/mol. The fourth-order valence-electron chi connectivity index (χ4n) is 3.21. The summed E-state index contributed by atoms with van der Waals surface area (Å²) in [7, 11) is 0. The lowest BCUT2D eigenvalue weighted by Crippen LogP contribution is -2.41. The number of hydrogen-bond donors (Lipinski definition) is 1. The summed E-state index contributed by atoms with van der Waals surface area (Å²) in [6.07, 6.45) is 5.91. The number of nitrogens with one attached hydrogen (secondary N) is 1. The number of amides is 1. The second kappa shape index (κ2) is 7.33. The van der Waals surface area contributed by atoms with Crippen LogP contribution in [0.15, 0.2) is 42.6 Å². The van der Waals surface area contributed by atoms with Crippen LogP contribution in [0.3, 0.4) is 0 Å². The molecule has 1 saturated carbocycles. The Kier molecular flexibility index (Phi) is 5.19. The number of halogens is 2. The third-order valence-electron chi connectivity index (χ3n) is 4.38. The molecule has 0 saturated heterocycles. The van der Waals surface area contributed by atoms with Gasteiger partial charge in [0.15, 0.2) is 0 Å². The quantitative estimate of drug-likeness (QED) is 0.806. The molecular formula is C18H18Cl2N2O. The molecule has 3 rings (SSSR count). The molecule has 1 fully saturated rings. The van der Waals surface area contributed by atoms with Gasteiger partial charge >= 0.3 is 0 Å². The lowest BCUT2D eigenvalue weighted by atomic mass is 9.80. The molecule has 1 heterocycles. The summed E-state index contributed by atoms with van der Waals surface area (Å²) in [5.74, 6) is 0.148. The van der Waals surface area contributed by atoms with E-state index in [1.54, 1.807) is 18.3 Å². The molecule has 0 radical (unpaired) electrons. The van der Waals surface area contributed by atoms with E-state index in [0.29, 0.717) is 11.5 Å². The van der Waals surface area contributed by atoms with Crippen molar-refractivity contribution in [2.45, 2.75) is 37.6 Å². The summed E-state index contributed by atoms with van der Waals surface area (Å²) in [6.45, 7) is 0. The summed E-state index contributed by atoms with van der Waals surface area (Å²) in [5.41, 5.74) is 1.64. The molecule has 3 nitrogen and oxygen atoms in total. The Morgan fingerprint density at radius 3 is 2.57 bits per heavy atom. The third kappa shape index (κ3) is 3.85. The molecule has 0 aliphatic heterocycles. The van der Waals surface area contributed by atoms with Gasteiger partial charge in [0.1, 0.15) is 5.15 Å². The van der Waals surface area contributed by atoms with Crippen molar-refractivity contribution >= 4 is 29.1 Å². The molecule has 1 amide bonds. The van der Waals surface area contributed by atoms with Crippen LogP contribution in [0.5, 0.6) is 0 Å². The molecule has 1 N–H and O–H groups in total. The number of rotatable bonds is 3. The summed E-state index contributed by atoms with van der Waals surface area (Å²) in [6, 6.07) is 11.4. The summed E-state index contributed by atoms with van der Waals surface area (Å²) in [4.78, 5) is 16.5. The first-order valence-electron chi connectivity index (χ1n) is 7.82. The lowest BCUT2D eigenvalue weighted by molar-refractivity contribution is 0.0920. The number of hydrogen-bond acceptors (Lipinski definition) is 2. The van der Waals surface area contributed by atoms with Crippen LogP contribution in [0.1, 0.15) is 47.5 Å². The van der Waals surface area contributed by atoms with Gasteiger partial charge in [0, 0.05) is 23.2 Å². The van der Waals surface area contributed by atoms with Crippen LogP contribution in [-0.4, -0.2) is 16.9 Å². The Bertz CT molecular complexity index is 688. The van der Waals surface area contributed by atoms with Gasteiger partial charge in [-0.15, -0.1) is 0 Å². The van der Waals surface area contributed by atoms with Crippen molar-refractivity contribution in [1.29, 1.82) is 0 Å². The maximum atomic E-state index is 12.5. The highest BCUT2D eigenvalue weighted by Gasteiger charge is 2.28. The van der Waals surface area contributed by atoms with Crippen molar-refractivity contribution in [3.63, 3.8) is 0 Å². The molecule has 23 heavy (non-hydrogen) atoms. The van der Waals surface area contributed by atoms with Crippen LogP contribution in [-0.2, 0) is 0 Å². The van der Waals surface area contributed by atoms with E-state index in [2.05, 4.69) is 22.4 Å². The minimum Gasteiger partial charge on any atom is -0.349 e. The lowest BCUT2D eigenvalue weighted by Gasteiger charge is -2.32. The number of benzene rings is 1. The number of carbonyl (C=O) groups excluding carboxylic acids is 1. The summed E-state index contributed by atoms with van der Waals surface area (Å²) in [5, 5.41) is 4.11. The van der Waals surface area contributed by atoms with Gasteiger partial charge in [0.25, 0.3) is 5.91 Å². The van der Waals surface area contributed by atoms with Crippen LogP contribution in [0.2, 0.25) is 10.2 Å². The zero-order valence-corrected chi connectivity index (χ0v) is 14.1. The maximum absolute atomic E-state index is 12.5. The van der Waals surface area contributed by atoms with Gasteiger partial charge in [-0.2, -0.15) is 0 Å². The minimum atomic E-state index is -0.158. The zero-order chi connectivity index (χ0) is 16.2. The van der Waals surface area contributed by atoms with Crippen LogP contribution in [0.4, 0.5) is 0 Å². The van der Waals surface area contributed by atoms with Crippen molar-refractivity contribution in [2.75, 3.05) is 0 Å². The van der Waals surface area contributed by atoms with E-state index in [9.17, 15) is 4.79 Å². The Labute approximate surface area is 146 Å². The van der Waals surface area contributed by atoms with Gasteiger partial charge in [-0.3, -0.25) is 4.79 Å². The van der Waals surface area contributed by atoms with Gasteiger partial charge in [-0.25, -0.2) is 4.98 Å². The molecule has 2 atom stereocenters. The second-order valence-electron chi connectivity index (χ2n) is 5.86. The van der Waals surface area contributed by atoms with Crippen molar-refractivity contribution in [1.82, 2.24) is 10.3 Å². The Balaban J connectivity index is 1.78. The molecule has 1 aromatic carbocycles. The molecule has 1 aliphatic rings. The number of aromatic nitrogens is 1. The Morgan fingerprint density at radius 2 is 1.83 bits per heavy atom. The van der Waals surface area contributed by atoms with E-state index in [1.165, 1.54) is 12.0 Å². The van der Waals surface area contributed by atoms with Crippen LogP contribution in [0, 0.1) is 0 Å². The SMILES string of the molecule is O=C(N[C@H]1CCCC[C@H]1c1ccc(Cl)cc1)c1cccnc1Cl. The summed E-state index contributed by atoms with van der Waals surface area (Å²) < 4.78 is 0. The Hall–Kier alpha value is -1.58. The summed E-state index contributed by atoms with van der Waals surface area (Å²) >= 11 is 12.0. The molecule has 0 bridgehead atoms. The second-order valence-corrected chi connectivity index (χ2v) is 6.66. The first kappa shape index (κ1) is 16.3. The average molecular weight is 349 g/mol.